The molecule has 2 nitrogen and oxygen atoms in total. The summed E-state index contributed by atoms with van der Waals surface area (Å²) < 4.78 is 14.0. The molecule has 0 radical (unpaired) electrons. The Kier molecular flexibility index (Phi) is 4.19. The van der Waals surface area contributed by atoms with Crippen LogP contribution in [0.4, 0.5) is 10.1 Å². The van der Waals surface area contributed by atoms with Crippen LogP contribution in [-0.2, 0) is 0 Å². The number of benzene rings is 2. The summed E-state index contributed by atoms with van der Waals surface area (Å²) in [6.07, 6.45) is 0. The molecule has 0 heterocycles. The van der Waals surface area contributed by atoms with Crippen LogP contribution in [0, 0.1) is 9.39 Å². The third-order valence-corrected chi connectivity index (χ3v) is 3.22. The molecule has 0 saturated heterocycles. The Morgan fingerprint density at radius 3 is 2.67 bits per heavy atom. The van der Waals surface area contributed by atoms with Crippen LogP contribution in [0.2, 0.25) is 5.02 Å². The SMILES string of the molecule is O=C(Nc1cccc(I)c1)c1ccc(F)c(Cl)c1. The van der Waals surface area contributed by atoms with Crippen LogP contribution in [0.1, 0.15) is 10.4 Å². The molecule has 2 rings (SSSR count). The number of amides is 1. The summed E-state index contributed by atoms with van der Waals surface area (Å²) in [7, 11) is 0. The molecule has 0 bridgehead atoms. The van der Waals surface area contributed by atoms with Gasteiger partial charge in [-0.25, -0.2) is 4.39 Å². The van der Waals surface area contributed by atoms with Gasteiger partial charge in [-0.1, -0.05) is 17.7 Å². The Labute approximate surface area is 122 Å². The quantitative estimate of drug-likeness (QED) is 0.778. The first-order chi connectivity index (χ1) is 8.56. The number of carbonyl (C=O) groups excluding carboxylic acids is 1. The molecule has 18 heavy (non-hydrogen) atoms. The monoisotopic (exact) mass is 375 g/mol. The minimum atomic E-state index is -0.539. The van der Waals surface area contributed by atoms with Gasteiger partial charge >= 0.3 is 0 Å². The van der Waals surface area contributed by atoms with E-state index >= 15 is 0 Å². The zero-order valence-corrected chi connectivity index (χ0v) is 12.0. The number of hydrogen-bond acceptors (Lipinski definition) is 1. The van der Waals surface area contributed by atoms with Crippen LogP contribution in [0.5, 0.6) is 0 Å². The van der Waals surface area contributed by atoms with Crippen LogP contribution in [0.3, 0.4) is 0 Å². The highest BCUT2D eigenvalue weighted by molar-refractivity contribution is 14.1. The van der Waals surface area contributed by atoms with E-state index in [1.165, 1.54) is 18.2 Å². The first-order valence-corrected chi connectivity index (χ1v) is 6.54. The lowest BCUT2D eigenvalue weighted by Gasteiger charge is -2.06. The van der Waals surface area contributed by atoms with Gasteiger partial charge in [0.2, 0.25) is 0 Å². The van der Waals surface area contributed by atoms with Gasteiger partial charge in [-0.15, -0.1) is 0 Å². The second-order valence-electron chi connectivity index (χ2n) is 3.59. The fraction of sp³-hybridized carbons (Fsp3) is 0. The van der Waals surface area contributed by atoms with Crippen LogP contribution < -0.4 is 5.32 Å². The molecule has 0 aromatic heterocycles. The predicted octanol–water partition coefficient (Wildman–Crippen LogP) is 4.34. The summed E-state index contributed by atoms with van der Waals surface area (Å²) in [6.45, 7) is 0. The molecule has 0 unspecified atom stereocenters. The second kappa shape index (κ2) is 5.67. The average molecular weight is 376 g/mol. The minimum Gasteiger partial charge on any atom is -0.322 e. The zero-order chi connectivity index (χ0) is 13.1. The molecular formula is C13H8ClFINO. The maximum Gasteiger partial charge on any atom is 0.255 e. The van der Waals surface area contributed by atoms with Crippen molar-refractivity contribution in [2.75, 3.05) is 5.32 Å². The standard InChI is InChI=1S/C13H8ClFINO/c14-11-6-8(4-5-12(11)15)13(18)17-10-3-1-2-9(16)7-10/h1-7H,(H,17,18). The third kappa shape index (κ3) is 3.20. The van der Waals surface area contributed by atoms with Gasteiger partial charge in [0.15, 0.2) is 0 Å². The van der Waals surface area contributed by atoms with Crippen molar-refractivity contribution < 1.29 is 9.18 Å². The molecule has 2 aromatic carbocycles. The largest absolute Gasteiger partial charge is 0.322 e. The topological polar surface area (TPSA) is 29.1 Å². The van der Waals surface area contributed by atoms with Gasteiger partial charge in [0.1, 0.15) is 5.82 Å². The van der Waals surface area contributed by atoms with Crippen molar-refractivity contribution in [1.82, 2.24) is 0 Å². The van der Waals surface area contributed by atoms with E-state index in [9.17, 15) is 9.18 Å². The number of halogens is 3. The second-order valence-corrected chi connectivity index (χ2v) is 5.25. The van der Waals surface area contributed by atoms with E-state index in [4.69, 9.17) is 11.6 Å². The summed E-state index contributed by atoms with van der Waals surface area (Å²) in [4.78, 5) is 11.9. The molecule has 5 heteroatoms. The van der Waals surface area contributed by atoms with E-state index in [1.54, 1.807) is 6.07 Å². The Balaban J connectivity index is 2.19. The minimum absolute atomic E-state index is 0.0645. The lowest BCUT2D eigenvalue weighted by Crippen LogP contribution is -2.12. The molecule has 0 atom stereocenters. The van der Waals surface area contributed by atoms with Crippen LogP contribution in [0.15, 0.2) is 42.5 Å². The number of hydrogen-bond donors (Lipinski definition) is 1. The summed E-state index contributed by atoms with van der Waals surface area (Å²) in [6, 6.07) is 11.3. The third-order valence-electron chi connectivity index (χ3n) is 2.26. The first-order valence-electron chi connectivity index (χ1n) is 5.08. The lowest BCUT2D eigenvalue weighted by molar-refractivity contribution is 0.102. The van der Waals surface area contributed by atoms with Crippen molar-refractivity contribution in [2.24, 2.45) is 0 Å². The van der Waals surface area contributed by atoms with Crippen molar-refractivity contribution in [3.05, 3.63) is 62.4 Å². The highest BCUT2D eigenvalue weighted by Crippen LogP contribution is 2.18. The zero-order valence-electron chi connectivity index (χ0n) is 9.08. The van der Waals surface area contributed by atoms with E-state index in [-0.39, 0.29) is 10.9 Å². The Morgan fingerprint density at radius 2 is 2.00 bits per heavy atom. The highest BCUT2D eigenvalue weighted by Gasteiger charge is 2.09. The van der Waals surface area contributed by atoms with Crippen molar-refractivity contribution >= 4 is 45.8 Å². The van der Waals surface area contributed by atoms with Crippen LogP contribution in [0.25, 0.3) is 0 Å². The molecule has 0 fully saturated rings. The van der Waals surface area contributed by atoms with Crippen LogP contribution in [-0.4, -0.2) is 5.91 Å². The van der Waals surface area contributed by atoms with Crippen molar-refractivity contribution in [3.63, 3.8) is 0 Å². The van der Waals surface area contributed by atoms with E-state index in [0.29, 0.717) is 11.3 Å². The molecule has 92 valence electrons. The van der Waals surface area contributed by atoms with Crippen molar-refractivity contribution in [1.29, 1.82) is 0 Å². The summed E-state index contributed by atoms with van der Waals surface area (Å²) >= 11 is 7.78. The van der Waals surface area contributed by atoms with Gasteiger partial charge < -0.3 is 5.32 Å². The van der Waals surface area contributed by atoms with E-state index in [2.05, 4.69) is 27.9 Å². The molecule has 1 N–H and O–H groups in total. The number of carbonyl (C=O) groups is 1. The van der Waals surface area contributed by atoms with E-state index in [1.807, 2.05) is 18.2 Å². The van der Waals surface area contributed by atoms with Crippen LogP contribution >= 0.6 is 34.2 Å². The number of nitrogens with one attached hydrogen (secondary N) is 1. The van der Waals surface area contributed by atoms with Gasteiger partial charge in [0.25, 0.3) is 5.91 Å². The van der Waals surface area contributed by atoms with Gasteiger partial charge in [-0.3, -0.25) is 4.79 Å². The van der Waals surface area contributed by atoms with Gasteiger partial charge in [0, 0.05) is 14.8 Å². The smallest absolute Gasteiger partial charge is 0.255 e. The molecule has 2 aromatic rings. The fourth-order valence-electron chi connectivity index (χ4n) is 1.41. The molecule has 0 aliphatic heterocycles. The highest BCUT2D eigenvalue weighted by atomic mass is 127. The van der Waals surface area contributed by atoms with E-state index in [0.717, 1.165) is 3.57 Å². The maximum absolute atomic E-state index is 13.0. The Bertz CT molecular complexity index is 603. The number of rotatable bonds is 2. The van der Waals surface area contributed by atoms with E-state index < -0.39 is 5.82 Å². The Morgan fingerprint density at radius 1 is 1.22 bits per heavy atom. The molecule has 0 spiro atoms. The van der Waals surface area contributed by atoms with Crippen molar-refractivity contribution in [2.45, 2.75) is 0 Å². The average Bonchev–Trinajstić information content (AvgIpc) is 2.32. The normalized spacial score (nSPS) is 10.2. The van der Waals surface area contributed by atoms with Crippen molar-refractivity contribution in [3.8, 4) is 0 Å². The molecule has 1 amide bonds. The Hall–Kier alpha value is -1.14. The van der Waals surface area contributed by atoms with Gasteiger partial charge in [-0.2, -0.15) is 0 Å². The molecular weight excluding hydrogens is 368 g/mol. The molecule has 0 saturated carbocycles. The fourth-order valence-corrected chi connectivity index (χ4v) is 2.13. The lowest BCUT2D eigenvalue weighted by atomic mass is 10.2. The van der Waals surface area contributed by atoms with Gasteiger partial charge in [-0.05, 0) is 59.0 Å². The summed E-state index contributed by atoms with van der Waals surface area (Å²) in [5.74, 6) is -0.860. The first kappa shape index (κ1) is 13.3. The maximum atomic E-state index is 13.0. The van der Waals surface area contributed by atoms with Gasteiger partial charge in [0.05, 0.1) is 5.02 Å². The molecule has 0 aliphatic rings. The number of anilines is 1. The molecule has 0 aliphatic carbocycles. The summed E-state index contributed by atoms with van der Waals surface area (Å²) in [5.41, 5.74) is 1.01. The predicted molar refractivity (Wildman–Crippen MR) is 78.5 cm³/mol. The summed E-state index contributed by atoms with van der Waals surface area (Å²) in [5, 5.41) is 2.66.